The Morgan fingerprint density at radius 3 is 0.950 bits per heavy atom. The predicted molar refractivity (Wildman–Crippen MR) is 188 cm³/mol. The third-order valence-electron chi connectivity index (χ3n) is 8.93. The van der Waals surface area contributed by atoms with Crippen molar-refractivity contribution in [1.82, 2.24) is 0 Å². The highest BCUT2D eigenvalue weighted by atomic mass is 32.1. The molecule has 2 aromatic carbocycles. The van der Waals surface area contributed by atoms with E-state index in [0.717, 1.165) is 24.3 Å². The molecule has 0 saturated heterocycles. The Bertz CT molecular complexity index is 2750. The molecule has 6 rings (SSSR count). The molecular weight excluding hydrogens is 857 g/mol. The largest absolute Gasteiger partial charge is 0.419 e. The molecule has 0 radical (unpaired) electrons. The van der Waals surface area contributed by atoms with Crippen LogP contribution in [0.1, 0.15) is 64.0 Å². The van der Waals surface area contributed by atoms with E-state index >= 15 is 0 Å². The van der Waals surface area contributed by atoms with E-state index < -0.39 is 99.9 Å². The third-order valence-corrected chi connectivity index (χ3v) is 11.1. The average Bonchev–Trinajstić information content (AvgIpc) is 3.95. The Labute approximate surface area is 336 Å². The van der Waals surface area contributed by atoms with Gasteiger partial charge in [0.15, 0.2) is 0 Å². The number of halogens is 12. The van der Waals surface area contributed by atoms with Gasteiger partial charge >= 0.3 is 24.7 Å². The summed E-state index contributed by atoms with van der Waals surface area (Å²) in [5, 5.41) is 59.0. The van der Waals surface area contributed by atoms with E-state index in [2.05, 4.69) is 0 Å². The van der Waals surface area contributed by atoms with Gasteiger partial charge in [0.25, 0.3) is 0 Å². The number of thiophene rings is 2. The van der Waals surface area contributed by atoms with E-state index in [4.69, 9.17) is 0 Å². The van der Waals surface area contributed by atoms with Crippen LogP contribution in [0.4, 0.5) is 52.7 Å². The van der Waals surface area contributed by atoms with Crippen LogP contribution in [0.25, 0.3) is 22.3 Å². The first kappa shape index (κ1) is 42.3. The lowest BCUT2D eigenvalue weighted by atomic mass is 9.88. The van der Waals surface area contributed by atoms with Crippen molar-refractivity contribution in [3.05, 3.63) is 147 Å². The van der Waals surface area contributed by atoms with Crippen LogP contribution in [0, 0.1) is 68.0 Å². The molecule has 0 aliphatic heterocycles. The number of hydrogen-bond acceptors (Lipinski definition) is 8. The molecule has 2 aliphatic rings. The summed E-state index contributed by atoms with van der Waals surface area (Å²) in [6.07, 6.45) is -21.2. The van der Waals surface area contributed by atoms with Crippen LogP contribution < -0.4 is 0 Å². The summed E-state index contributed by atoms with van der Waals surface area (Å²) in [6, 6.07) is 18.3. The highest BCUT2D eigenvalue weighted by Crippen LogP contribution is 2.58. The minimum absolute atomic E-state index is 0.0245. The minimum atomic E-state index is -5.86. The summed E-state index contributed by atoms with van der Waals surface area (Å²) < 4.78 is 174. The highest BCUT2D eigenvalue weighted by Gasteiger charge is 2.52. The van der Waals surface area contributed by atoms with E-state index in [1.807, 2.05) is 0 Å². The first-order chi connectivity index (χ1) is 28.0. The number of hydrogen-bond donors (Lipinski definition) is 0. The molecule has 2 heterocycles. The van der Waals surface area contributed by atoms with Crippen molar-refractivity contribution >= 4 is 45.0 Å². The minimum Gasteiger partial charge on any atom is -0.192 e. The van der Waals surface area contributed by atoms with Crippen LogP contribution in [-0.2, 0) is 24.7 Å². The molecule has 2 aromatic heterocycles. The van der Waals surface area contributed by atoms with Gasteiger partial charge in [0, 0.05) is 11.1 Å². The second-order valence-electron chi connectivity index (χ2n) is 12.3. The lowest BCUT2D eigenvalue weighted by Crippen LogP contribution is -2.17. The van der Waals surface area contributed by atoms with Gasteiger partial charge in [-0.1, -0.05) is 24.3 Å². The fourth-order valence-electron chi connectivity index (χ4n) is 6.63. The first-order valence-electron chi connectivity index (χ1n) is 16.0. The first-order valence-corrected chi connectivity index (χ1v) is 17.6. The average molecular weight is 867 g/mol. The Hall–Kier alpha value is -7.36. The van der Waals surface area contributed by atoms with Gasteiger partial charge in [0.1, 0.15) is 34.0 Å². The molecular formula is C40H10F12N6S2. The molecule has 0 N–H and O–H groups in total. The molecule has 4 aromatic rings. The van der Waals surface area contributed by atoms with Crippen LogP contribution in [0.3, 0.4) is 0 Å². The molecule has 0 spiro atoms. The number of benzene rings is 2. The van der Waals surface area contributed by atoms with E-state index in [1.54, 1.807) is 12.1 Å². The Balaban J connectivity index is 1.85. The van der Waals surface area contributed by atoms with Crippen LogP contribution >= 0.6 is 22.7 Å². The van der Waals surface area contributed by atoms with Crippen molar-refractivity contribution < 1.29 is 52.7 Å². The molecule has 0 saturated carbocycles. The number of allylic oxidation sites excluding steroid dienone is 10. The maximum Gasteiger partial charge on any atom is 0.419 e. The zero-order valence-corrected chi connectivity index (χ0v) is 30.4. The molecule has 0 unspecified atom stereocenters. The summed E-state index contributed by atoms with van der Waals surface area (Å²) in [5.41, 5.74) is -14.5. The Morgan fingerprint density at radius 1 is 0.417 bits per heavy atom. The fraction of sp³-hybridized carbons (Fsp3) is 0.100. The molecule has 0 fully saturated rings. The SMILES string of the molecule is N#C/C(=C1\C(c2ccc(C#N)cc2)=CC2=C1C=C(c1ccc(C#N)cc1)/C2=C(\C#N)c1sc(C#N)c(C(F)(F)F)c1C(F)(F)F)c1sc(C#N)c(C(F)(F)F)c1C(F)(F)F. The van der Waals surface area contributed by atoms with Crippen molar-refractivity contribution in [2.24, 2.45) is 0 Å². The lowest BCUT2D eigenvalue weighted by molar-refractivity contribution is -0.161. The van der Waals surface area contributed by atoms with Gasteiger partial charge in [-0.25, -0.2) is 0 Å². The van der Waals surface area contributed by atoms with Gasteiger partial charge in [-0.3, -0.25) is 0 Å². The summed E-state index contributed by atoms with van der Waals surface area (Å²) in [7, 11) is 0. The zero-order chi connectivity index (χ0) is 44.3. The summed E-state index contributed by atoms with van der Waals surface area (Å²) in [6.45, 7) is 0. The standard InChI is InChI=1S/C40H10F12N6S2/c41-37(42,43)31-27(15-57)59-35(33(31)39(47,48)49)25(13-55)29-21(19-5-1-17(11-53)2-6-19)9-23-24(29)10-22(20-7-3-18(12-54)4-8-20)30(23)26(14-56)36-34(40(50,51)52)32(38(44,45)46)28(16-58)60-36/h1-10H/b29-25-,30-26-. The lowest BCUT2D eigenvalue weighted by Gasteiger charge is -2.17. The molecule has 0 atom stereocenters. The van der Waals surface area contributed by atoms with Gasteiger partial charge in [0.2, 0.25) is 0 Å². The fourth-order valence-corrected chi connectivity index (χ4v) is 8.91. The normalized spacial score (nSPS) is 15.8. The number of rotatable bonds is 4. The molecule has 0 amide bonds. The van der Waals surface area contributed by atoms with Crippen LogP contribution in [0.2, 0.25) is 0 Å². The van der Waals surface area contributed by atoms with E-state index in [-0.39, 0.29) is 56.1 Å². The van der Waals surface area contributed by atoms with Gasteiger partial charge < -0.3 is 0 Å². The van der Waals surface area contributed by atoms with Crippen molar-refractivity contribution in [1.29, 1.82) is 31.6 Å². The second kappa shape index (κ2) is 14.8. The summed E-state index contributed by atoms with van der Waals surface area (Å²) >= 11 is -0.660. The van der Waals surface area contributed by atoms with E-state index in [0.29, 0.717) is 0 Å². The van der Waals surface area contributed by atoms with E-state index in [9.17, 15) is 84.3 Å². The third kappa shape index (κ3) is 7.09. The van der Waals surface area contributed by atoms with Crippen LogP contribution in [0.5, 0.6) is 0 Å². The smallest absolute Gasteiger partial charge is 0.192 e. The monoisotopic (exact) mass is 866 g/mol. The molecule has 0 bridgehead atoms. The quantitative estimate of drug-likeness (QED) is 0.148. The number of nitrogens with zero attached hydrogens (tertiary/aromatic N) is 6. The molecule has 20 heteroatoms. The summed E-state index contributed by atoms with van der Waals surface area (Å²) in [4.78, 5) is -5.75. The number of nitriles is 6. The van der Waals surface area contributed by atoms with Gasteiger partial charge in [-0.2, -0.15) is 84.3 Å². The topological polar surface area (TPSA) is 143 Å². The van der Waals surface area contributed by atoms with Crippen LogP contribution in [-0.4, -0.2) is 0 Å². The summed E-state index contributed by atoms with van der Waals surface area (Å²) in [5.74, 6) is 0. The Kier molecular flexibility index (Phi) is 10.4. The zero-order valence-electron chi connectivity index (χ0n) is 28.8. The maximum absolute atomic E-state index is 14.7. The number of alkyl halides is 12. The van der Waals surface area contributed by atoms with Crippen molar-refractivity contribution in [3.63, 3.8) is 0 Å². The predicted octanol–water partition coefficient (Wildman–Crippen LogP) is 12.1. The van der Waals surface area contributed by atoms with Gasteiger partial charge in [0.05, 0.1) is 66.4 Å². The van der Waals surface area contributed by atoms with Crippen molar-refractivity contribution in [2.75, 3.05) is 0 Å². The molecule has 2 aliphatic carbocycles. The van der Waals surface area contributed by atoms with Gasteiger partial charge in [-0.05, 0) is 69.8 Å². The van der Waals surface area contributed by atoms with Crippen molar-refractivity contribution in [2.45, 2.75) is 24.7 Å². The van der Waals surface area contributed by atoms with Gasteiger partial charge in [-0.15, -0.1) is 22.7 Å². The second-order valence-corrected chi connectivity index (χ2v) is 14.3. The Morgan fingerprint density at radius 2 is 0.717 bits per heavy atom. The highest BCUT2D eigenvalue weighted by molar-refractivity contribution is 7.14. The van der Waals surface area contributed by atoms with E-state index in [1.165, 1.54) is 60.7 Å². The van der Waals surface area contributed by atoms with Crippen molar-refractivity contribution in [3.8, 4) is 36.4 Å². The molecule has 60 heavy (non-hydrogen) atoms. The van der Waals surface area contributed by atoms with Crippen LogP contribution in [0.15, 0.2) is 83.0 Å². The molecule has 6 nitrogen and oxygen atoms in total. The molecule has 296 valence electrons. The maximum atomic E-state index is 14.7.